The fourth-order valence-corrected chi connectivity index (χ4v) is 3.92. The van der Waals surface area contributed by atoms with E-state index in [1.807, 2.05) is 24.3 Å². The van der Waals surface area contributed by atoms with Gasteiger partial charge in [-0.1, -0.05) is 17.7 Å². The third-order valence-electron chi connectivity index (χ3n) is 4.03. The molecule has 0 saturated heterocycles. The van der Waals surface area contributed by atoms with Crippen molar-refractivity contribution in [2.24, 2.45) is 0 Å². The molecule has 0 aromatic heterocycles. The summed E-state index contributed by atoms with van der Waals surface area (Å²) in [7, 11) is -3.69. The van der Waals surface area contributed by atoms with Crippen LogP contribution >= 0.6 is 11.6 Å². The fraction of sp³-hybridized carbons (Fsp3) is 0.316. The molecule has 0 atom stereocenters. The van der Waals surface area contributed by atoms with E-state index in [0.29, 0.717) is 10.7 Å². The van der Waals surface area contributed by atoms with Crippen molar-refractivity contribution in [2.75, 3.05) is 29.9 Å². The molecule has 0 heterocycles. The zero-order valence-electron chi connectivity index (χ0n) is 15.4. The van der Waals surface area contributed by atoms with E-state index in [4.69, 9.17) is 11.6 Å². The van der Waals surface area contributed by atoms with Crippen molar-refractivity contribution >= 4 is 38.9 Å². The highest BCUT2D eigenvalue weighted by molar-refractivity contribution is 7.89. The average molecular weight is 410 g/mol. The Labute approximate surface area is 165 Å². The summed E-state index contributed by atoms with van der Waals surface area (Å²) in [5.41, 5.74) is 1.76. The maximum Gasteiger partial charge on any atom is 0.240 e. The normalized spacial score (nSPS) is 11.2. The Balaban J connectivity index is 1.86. The monoisotopic (exact) mass is 409 g/mol. The van der Waals surface area contributed by atoms with Gasteiger partial charge >= 0.3 is 0 Å². The largest absolute Gasteiger partial charge is 0.372 e. The minimum atomic E-state index is -3.69. The first kappa shape index (κ1) is 21.2. The topological polar surface area (TPSA) is 78.5 Å². The second-order valence-corrected chi connectivity index (χ2v) is 8.08. The zero-order chi connectivity index (χ0) is 19.9. The van der Waals surface area contributed by atoms with Crippen molar-refractivity contribution < 1.29 is 13.2 Å². The molecule has 2 aromatic rings. The number of nitrogens with zero attached hydrogens (tertiary/aromatic N) is 1. The molecule has 146 valence electrons. The second kappa shape index (κ2) is 9.73. The van der Waals surface area contributed by atoms with Crippen LogP contribution < -0.4 is 14.9 Å². The first-order chi connectivity index (χ1) is 12.9. The number of hydrogen-bond donors (Lipinski definition) is 2. The fourth-order valence-electron chi connectivity index (χ4n) is 2.58. The molecule has 0 aliphatic rings. The van der Waals surface area contributed by atoms with Crippen molar-refractivity contribution in [3.63, 3.8) is 0 Å². The minimum Gasteiger partial charge on any atom is -0.372 e. The van der Waals surface area contributed by atoms with Crippen molar-refractivity contribution in [3.05, 3.63) is 53.6 Å². The van der Waals surface area contributed by atoms with Gasteiger partial charge in [0.05, 0.1) is 4.90 Å². The quantitative estimate of drug-likeness (QED) is 0.664. The van der Waals surface area contributed by atoms with Crippen molar-refractivity contribution in [1.82, 2.24) is 4.72 Å². The average Bonchev–Trinajstić information content (AvgIpc) is 2.64. The van der Waals surface area contributed by atoms with Crippen LogP contribution in [0.4, 0.5) is 11.4 Å². The molecule has 0 radical (unpaired) electrons. The standard InChI is InChI=1S/C19H24ClN3O3S/c1-3-23(4-2)17-10-8-16(9-11-17)22-19(24)12-13-21-27(25,26)18-7-5-6-15(20)14-18/h5-11,14,21H,3-4,12-13H2,1-2H3,(H,22,24). The Kier molecular flexibility index (Phi) is 7.65. The molecule has 0 saturated carbocycles. The van der Waals surface area contributed by atoms with Gasteiger partial charge in [0.1, 0.15) is 0 Å². The van der Waals surface area contributed by atoms with Gasteiger partial charge in [0.25, 0.3) is 0 Å². The summed E-state index contributed by atoms with van der Waals surface area (Å²) in [5.74, 6) is -0.264. The number of carbonyl (C=O) groups is 1. The van der Waals surface area contributed by atoms with E-state index in [2.05, 4.69) is 28.8 Å². The van der Waals surface area contributed by atoms with E-state index in [0.717, 1.165) is 18.8 Å². The third-order valence-corrected chi connectivity index (χ3v) is 5.72. The highest BCUT2D eigenvalue weighted by Crippen LogP contribution is 2.18. The minimum absolute atomic E-state index is 0.00178. The molecule has 0 bridgehead atoms. The van der Waals surface area contributed by atoms with E-state index in [-0.39, 0.29) is 23.8 Å². The lowest BCUT2D eigenvalue weighted by molar-refractivity contribution is -0.116. The molecule has 0 spiro atoms. The smallest absolute Gasteiger partial charge is 0.240 e. The van der Waals surface area contributed by atoms with E-state index >= 15 is 0 Å². The van der Waals surface area contributed by atoms with Gasteiger partial charge in [-0.25, -0.2) is 13.1 Å². The zero-order valence-corrected chi connectivity index (χ0v) is 17.0. The molecule has 0 unspecified atom stereocenters. The molecule has 6 nitrogen and oxygen atoms in total. The molecular formula is C19H24ClN3O3S. The van der Waals surface area contributed by atoms with Gasteiger partial charge in [0.2, 0.25) is 15.9 Å². The Morgan fingerprint density at radius 3 is 2.33 bits per heavy atom. The van der Waals surface area contributed by atoms with Crippen LogP contribution in [0.5, 0.6) is 0 Å². The Morgan fingerprint density at radius 1 is 1.07 bits per heavy atom. The number of amides is 1. The van der Waals surface area contributed by atoms with Crippen LogP contribution in [0.2, 0.25) is 5.02 Å². The van der Waals surface area contributed by atoms with Gasteiger partial charge in [-0.15, -0.1) is 0 Å². The van der Waals surface area contributed by atoms with Gasteiger partial charge in [0, 0.05) is 42.5 Å². The van der Waals surface area contributed by atoms with Crippen molar-refractivity contribution in [3.8, 4) is 0 Å². The highest BCUT2D eigenvalue weighted by atomic mass is 35.5. The SMILES string of the molecule is CCN(CC)c1ccc(NC(=O)CCNS(=O)(=O)c2cccc(Cl)c2)cc1. The summed E-state index contributed by atoms with van der Waals surface area (Å²) in [6.07, 6.45) is 0.0254. The van der Waals surface area contributed by atoms with Gasteiger partial charge < -0.3 is 10.2 Å². The van der Waals surface area contributed by atoms with Crippen LogP contribution in [0.15, 0.2) is 53.4 Å². The molecule has 2 aromatic carbocycles. The molecule has 8 heteroatoms. The van der Waals surface area contributed by atoms with E-state index < -0.39 is 10.0 Å². The highest BCUT2D eigenvalue weighted by Gasteiger charge is 2.14. The Bertz CT molecular complexity index is 866. The van der Waals surface area contributed by atoms with Gasteiger partial charge in [0.15, 0.2) is 0 Å². The number of halogens is 1. The molecule has 1 amide bonds. The summed E-state index contributed by atoms with van der Waals surface area (Å²) in [5, 5.41) is 3.10. The molecule has 0 aliphatic carbocycles. The van der Waals surface area contributed by atoms with Crippen LogP contribution in [-0.2, 0) is 14.8 Å². The predicted octanol–water partition coefficient (Wildman–Crippen LogP) is 3.49. The number of benzene rings is 2. The molecule has 27 heavy (non-hydrogen) atoms. The maximum absolute atomic E-state index is 12.2. The summed E-state index contributed by atoms with van der Waals surface area (Å²) in [4.78, 5) is 14.3. The van der Waals surface area contributed by atoms with Crippen molar-refractivity contribution in [1.29, 1.82) is 0 Å². The van der Waals surface area contributed by atoms with Crippen LogP contribution in [0.1, 0.15) is 20.3 Å². The molecule has 0 aliphatic heterocycles. The summed E-state index contributed by atoms with van der Waals surface area (Å²) < 4.78 is 26.8. The summed E-state index contributed by atoms with van der Waals surface area (Å²) >= 11 is 5.82. The third kappa shape index (κ3) is 6.23. The Morgan fingerprint density at radius 2 is 1.74 bits per heavy atom. The van der Waals surface area contributed by atoms with Crippen LogP contribution in [0, 0.1) is 0 Å². The lowest BCUT2D eigenvalue weighted by atomic mass is 10.2. The van der Waals surface area contributed by atoms with E-state index in [1.165, 1.54) is 12.1 Å². The number of sulfonamides is 1. The van der Waals surface area contributed by atoms with Crippen LogP contribution in [0.25, 0.3) is 0 Å². The number of rotatable bonds is 9. The second-order valence-electron chi connectivity index (χ2n) is 5.87. The van der Waals surface area contributed by atoms with Gasteiger partial charge in [-0.05, 0) is 56.3 Å². The first-order valence-corrected chi connectivity index (χ1v) is 10.6. The Hall–Kier alpha value is -2.09. The summed E-state index contributed by atoms with van der Waals surface area (Å²) in [6.45, 7) is 6.00. The lowest BCUT2D eigenvalue weighted by Crippen LogP contribution is -2.27. The molecular weight excluding hydrogens is 386 g/mol. The predicted molar refractivity (Wildman–Crippen MR) is 110 cm³/mol. The summed E-state index contributed by atoms with van der Waals surface area (Å²) in [6, 6.07) is 13.5. The van der Waals surface area contributed by atoms with E-state index in [9.17, 15) is 13.2 Å². The van der Waals surface area contributed by atoms with Crippen molar-refractivity contribution in [2.45, 2.75) is 25.2 Å². The molecule has 2 rings (SSSR count). The first-order valence-electron chi connectivity index (χ1n) is 8.75. The van der Waals surface area contributed by atoms with Gasteiger partial charge in [-0.3, -0.25) is 4.79 Å². The van der Waals surface area contributed by atoms with Gasteiger partial charge in [-0.2, -0.15) is 0 Å². The lowest BCUT2D eigenvalue weighted by Gasteiger charge is -2.21. The van der Waals surface area contributed by atoms with Crippen LogP contribution in [0.3, 0.4) is 0 Å². The number of anilines is 2. The van der Waals surface area contributed by atoms with Crippen LogP contribution in [-0.4, -0.2) is 34.0 Å². The number of carbonyl (C=O) groups excluding carboxylic acids is 1. The molecule has 0 fully saturated rings. The maximum atomic E-state index is 12.2. The van der Waals surface area contributed by atoms with E-state index in [1.54, 1.807) is 12.1 Å². The number of nitrogens with one attached hydrogen (secondary N) is 2. The number of hydrogen-bond acceptors (Lipinski definition) is 4. The molecule has 2 N–H and O–H groups in total.